The molecule has 2 N–H and O–H groups in total. The number of hydrogen-bond donors (Lipinski definition) is 2. The number of aliphatic hydroxyl groups excluding tert-OH is 1. The van der Waals surface area contributed by atoms with Crippen LogP contribution >= 0.6 is 11.8 Å². The smallest absolute Gasteiger partial charge is 0.287 e. The van der Waals surface area contributed by atoms with E-state index in [0.29, 0.717) is 29.6 Å². The standard InChI is InChI=1S/C18H18N2O4S/c1-11-3-2-8-19-16(11)15(21)10-24-13-6-4-12(5-7-13)9-14-17(22)25-18(23)20-14/h2-8,14-15,21H,9-10H2,1H3,(H,20,23). The quantitative estimate of drug-likeness (QED) is 0.824. The Kier molecular flexibility index (Phi) is 5.35. The first-order valence-corrected chi connectivity index (χ1v) is 8.68. The van der Waals surface area contributed by atoms with Crippen molar-refractivity contribution in [1.82, 2.24) is 10.3 Å². The van der Waals surface area contributed by atoms with Crippen molar-refractivity contribution in [3.8, 4) is 5.75 Å². The second kappa shape index (κ2) is 7.67. The molecule has 1 amide bonds. The molecule has 3 rings (SSSR count). The zero-order chi connectivity index (χ0) is 17.8. The van der Waals surface area contributed by atoms with Crippen LogP contribution in [0.15, 0.2) is 42.6 Å². The lowest BCUT2D eigenvalue weighted by atomic mass is 10.1. The lowest BCUT2D eigenvalue weighted by Crippen LogP contribution is -2.30. The second-order valence-corrected chi connectivity index (χ2v) is 6.76. The molecule has 25 heavy (non-hydrogen) atoms. The molecule has 0 bridgehead atoms. The van der Waals surface area contributed by atoms with E-state index in [4.69, 9.17) is 4.74 Å². The molecular weight excluding hydrogens is 340 g/mol. The fourth-order valence-corrected chi connectivity index (χ4v) is 3.25. The van der Waals surface area contributed by atoms with Gasteiger partial charge in [0.2, 0.25) is 5.12 Å². The number of nitrogens with zero attached hydrogens (tertiary/aromatic N) is 1. The number of rotatable bonds is 6. The molecule has 2 aromatic rings. The van der Waals surface area contributed by atoms with Crippen LogP contribution in [0.25, 0.3) is 0 Å². The number of carbonyl (C=O) groups excluding carboxylic acids is 2. The summed E-state index contributed by atoms with van der Waals surface area (Å²) in [6.45, 7) is 1.99. The Balaban J connectivity index is 1.55. The minimum Gasteiger partial charge on any atom is -0.490 e. The summed E-state index contributed by atoms with van der Waals surface area (Å²) in [5.41, 5.74) is 2.44. The Morgan fingerprint density at radius 1 is 1.28 bits per heavy atom. The summed E-state index contributed by atoms with van der Waals surface area (Å²) in [5, 5.41) is 12.4. The average Bonchev–Trinajstić information content (AvgIpc) is 2.91. The molecule has 1 aliphatic rings. The summed E-state index contributed by atoms with van der Waals surface area (Å²) in [7, 11) is 0. The van der Waals surface area contributed by atoms with E-state index in [0.717, 1.165) is 11.1 Å². The summed E-state index contributed by atoms with van der Waals surface area (Å²) >= 11 is 0.714. The van der Waals surface area contributed by atoms with Crippen LogP contribution in [0.4, 0.5) is 4.79 Å². The van der Waals surface area contributed by atoms with Crippen LogP contribution in [0.5, 0.6) is 5.75 Å². The third-order valence-electron chi connectivity index (χ3n) is 3.91. The van der Waals surface area contributed by atoms with Gasteiger partial charge in [0, 0.05) is 24.4 Å². The molecule has 1 aliphatic heterocycles. The molecule has 0 saturated carbocycles. The van der Waals surface area contributed by atoms with Crippen molar-refractivity contribution < 1.29 is 19.4 Å². The number of carbonyl (C=O) groups is 2. The van der Waals surface area contributed by atoms with Crippen LogP contribution in [-0.4, -0.2) is 33.1 Å². The highest BCUT2D eigenvalue weighted by atomic mass is 32.2. The van der Waals surface area contributed by atoms with Crippen molar-refractivity contribution in [1.29, 1.82) is 0 Å². The molecule has 1 aromatic carbocycles. The Labute approximate surface area is 149 Å². The Morgan fingerprint density at radius 2 is 2.04 bits per heavy atom. The number of aromatic nitrogens is 1. The van der Waals surface area contributed by atoms with E-state index < -0.39 is 12.1 Å². The van der Waals surface area contributed by atoms with E-state index in [2.05, 4.69) is 10.3 Å². The first-order valence-electron chi connectivity index (χ1n) is 7.86. The number of nitrogens with one attached hydrogen (secondary N) is 1. The first-order chi connectivity index (χ1) is 12.0. The molecule has 2 unspecified atom stereocenters. The molecular formula is C18H18N2O4S. The zero-order valence-corrected chi connectivity index (χ0v) is 14.5. The summed E-state index contributed by atoms with van der Waals surface area (Å²) in [6, 6.07) is 10.5. The van der Waals surface area contributed by atoms with Gasteiger partial charge in [0.25, 0.3) is 5.24 Å². The highest BCUT2D eigenvalue weighted by Gasteiger charge is 2.31. The lowest BCUT2D eigenvalue weighted by Gasteiger charge is -2.14. The molecule has 0 aliphatic carbocycles. The van der Waals surface area contributed by atoms with Crippen LogP contribution in [0.2, 0.25) is 0 Å². The van der Waals surface area contributed by atoms with E-state index >= 15 is 0 Å². The number of pyridine rings is 1. The van der Waals surface area contributed by atoms with E-state index in [-0.39, 0.29) is 17.0 Å². The number of thioether (sulfide) groups is 1. The number of aryl methyl sites for hydroxylation is 1. The summed E-state index contributed by atoms with van der Waals surface area (Å²) in [4.78, 5) is 27.0. The SMILES string of the molecule is Cc1cccnc1C(O)COc1ccc(CC2NC(=O)SC2=O)cc1. The minimum absolute atomic E-state index is 0.102. The van der Waals surface area contributed by atoms with Gasteiger partial charge >= 0.3 is 0 Å². The van der Waals surface area contributed by atoms with Crippen molar-refractivity contribution >= 4 is 22.1 Å². The van der Waals surface area contributed by atoms with E-state index in [1.807, 2.05) is 31.2 Å². The van der Waals surface area contributed by atoms with Crippen LogP contribution in [0.1, 0.15) is 22.9 Å². The average molecular weight is 358 g/mol. The van der Waals surface area contributed by atoms with Gasteiger partial charge in [-0.25, -0.2) is 0 Å². The normalized spacial score (nSPS) is 18.1. The maximum absolute atomic E-state index is 11.6. The van der Waals surface area contributed by atoms with Gasteiger partial charge in [-0.3, -0.25) is 14.6 Å². The van der Waals surface area contributed by atoms with E-state index in [1.165, 1.54) is 0 Å². The number of aliphatic hydroxyl groups is 1. The molecule has 130 valence electrons. The van der Waals surface area contributed by atoms with E-state index in [9.17, 15) is 14.7 Å². The first kappa shape index (κ1) is 17.4. The van der Waals surface area contributed by atoms with Crippen molar-refractivity contribution in [2.45, 2.75) is 25.5 Å². The third-order valence-corrected chi connectivity index (χ3v) is 4.70. The molecule has 7 heteroatoms. The molecule has 2 heterocycles. The largest absolute Gasteiger partial charge is 0.490 e. The zero-order valence-electron chi connectivity index (χ0n) is 13.6. The molecule has 1 aromatic heterocycles. The lowest BCUT2D eigenvalue weighted by molar-refractivity contribution is -0.112. The number of ether oxygens (including phenoxy) is 1. The van der Waals surface area contributed by atoms with Gasteiger partial charge in [-0.1, -0.05) is 18.2 Å². The van der Waals surface area contributed by atoms with Crippen molar-refractivity contribution in [2.24, 2.45) is 0 Å². The second-order valence-electron chi connectivity index (χ2n) is 5.79. The third kappa shape index (κ3) is 4.37. The maximum Gasteiger partial charge on any atom is 0.287 e. The fraction of sp³-hybridized carbons (Fsp3) is 0.278. The Bertz CT molecular complexity index is 779. The monoisotopic (exact) mass is 358 g/mol. The van der Waals surface area contributed by atoms with Gasteiger partial charge in [0.05, 0.1) is 5.69 Å². The van der Waals surface area contributed by atoms with Gasteiger partial charge in [-0.2, -0.15) is 0 Å². The summed E-state index contributed by atoms with van der Waals surface area (Å²) < 4.78 is 5.61. The molecule has 2 atom stereocenters. The highest BCUT2D eigenvalue weighted by Crippen LogP contribution is 2.21. The Hall–Kier alpha value is -2.38. The predicted octanol–water partition coefficient (Wildman–Crippen LogP) is 2.40. The van der Waals surface area contributed by atoms with Gasteiger partial charge in [0.15, 0.2) is 0 Å². The maximum atomic E-state index is 11.6. The van der Waals surface area contributed by atoms with Crippen molar-refractivity contribution in [3.63, 3.8) is 0 Å². The van der Waals surface area contributed by atoms with E-state index in [1.54, 1.807) is 18.3 Å². The summed E-state index contributed by atoms with van der Waals surface area (Å²) in [6.07, 6.45) is 1.29. The van der Waals surface area contributed by atoms with Gasteiger partial charge in [-0.15, -0.1) is 0 Å². The fourth-order valence-electron chi connectivity index (χ4n) is 2.59. The highest BCUT2D eigenvalue weighted by molar-refractivity contribution is 8.26. The number of benzene rings is 1. The Morgan fingerprint density at radius 3 is 2.68 bits per heavy atom. The van der Waals surface area contributed by atoms with Crippen LogP contribution < -0.4 is 10.1 Å². The van der Waals surface area contributed by atoms with Crippen LogP contribution in [0, 0.1) is 6.92 Å². The molecule has 1 saturated heterocycles. The van der Waals surface area contributed by atoms with Crippen LogP contribution in [-0.2, 0) is 11.2 Å². The van der Waals surface area contributed by atoms with Gasteiger partial charge in [-0.05, 0) is 36.2 Å². The van der Waals surface area contributed by atoms with Crippen molar-refractivity contribution in [3.05, 3.63) is 59.4 Å². The van der Waals surface area contributed by atoms with Crippen molar-refractivity contribution in [2.75, 3.05) is 6.61 Å². The topological polar surface area (TPSA) is 88.5 Å². The van der Waals surface area contributed by atoms with Gasteiger partial charge < -0.3 is 15.2 Å². The molecule has 1 fully saturated rings. The number of amides is 1. The van der Waals surface area contributed by atoms with Crippen LogP contribution in [0.3, 0.4) is 0 Å². The summed E-state index contributed by atoms with van der Waals surface area (Å²) in [5.74, 6) is 0.618. The molecule has 0 radical (unpaired) electrons. The van der Waals surface area contributed by atoms with Gasteiger partial charge in [0.1, 0.15) is 24.5 Å². The minimum atomic E-state index is -0.802. The molecule has 6 nitrogen and oxygen atoms in total. The molecule has 0 spiro atoms. The predicted molar refractivity (Wildman–Crippen MR) is 94.5 cm³/mol. The number of hydrogen-bond acceptors (Lipinski definition) is 6.